The first kappa shape index (κ1) is 15.0. The Kier molecular flexibility index (Phi) is 4.17. The fraction of sp³-hybridized carbons (Fsp3) is 0.455. The molecule has 0 aliphatic carbocycles. The predicted molar refractivity (Wildman–Crippen MR) is 72.8 cm³/mol. The topological polar surface area (TPSA) is 114 Å². The van der Waals surface area contributed by atoms with Crippen LogP contribution in [0.5, 0.6) is 0 Å². The van der Waals surface area contributed by atoms with Crippen molar-refractivity contribution in [2.75, 3.05) is 12.3 Å². The summed E-state index contributed by atoms with van der Waals surface area (Å²) in [4.78, 5) is 14.7. The molecular formula is C11H14ClN3O4S. The van der Waals surface area contributed by atoms with E-state index in [2.05, 4.69) is 4.98 Å². The lowest BCUT2D eigenvalue weighted by Crippen LogP contribution is -2.48. The van der Waals surface area contributed by atoms with Gasteiger partial charge < -0.3 is 10.8 Å². The highest BCUT2D eigenvalue weighted by Crippen LogP contribution is 2.29. The molecule has 1 atom stereocenters. The summed E-state index contributed by atoms with van der Waals surface area (Å²) in [5.74, 6) is -1.36. The minimum atomic E-state index is -4.03. The van der Waals surface area contributed by atoms with Crippen LogP contribution in [-0.4, -0.2) is 41.4 Å². The molecule has 2 rings (SSSR count). The Hall–Kier alpha value is -1.38. The van der Waals surface area contributed by atoms with Crippen LogP contribution in [0.2, 0.25) is 5.02 Å². The van der Waals surface area contributed by atoms with Crippen LogP contribution in [0.1, 0.15) is 19.3 Å². The SMILES string of the molecule is Nc1ncc(Cl)cc1S(=O)(=O)N1CCCCC1C(=O)O. The van der Waals surface area contributed by atoms with E-state index in [0.717, 1.165) is 4.31 Å². The molecule has 1 aromatic rings. The van der Waals surface area contributed by atoms with Crippen LogP contribution in [0.3, 0.4) is 0 Å². The predicted octanol–water partition coefficient (Wildman–Crippen LogP) is 0.945. The van der Waals surface area contributed by atoms with E-state index in [0.29, 0.717) is 12.8 Å². The number of halogens is 1. The minimum absolute atomic E-state index is 0.127. The number of nitrogen functional groups attached to an aromatic ring is 1. The number of nitrogens with zero attached hydrogens (tertiary/aromatic N) is 2. The summed E-state index contributed by atoms with van der Waals surface area (Å²) in [6.45, 7) is 0.144. The van der Waals surface area contributed by atoms with Gasteiger partial charge in [0.15, 0.2) is 0 Å². The standard InChI is InChI=1S/C11H14ClN3O4S/c12-7-5-9(10(13)14-6-7)20(18,19)15-4-2-1-3-8(15)11(16)17/h5-6,8H,1-4H2,(H2,13,14)(H,16,17). The first-order valence-corrected chi connectivity index (χ1v) is 7.81. The number of sulfonamides is 1. The average molecular weight is 320 g/mol. The maximum atomic E-state index is 12.6. The Morgan fingerprint density at radius 1 is 1.50 bits per heavy atom. The van der Waals surface area contributed by atoms with E-state index in [1.165, 1.54) is 12.3 Å². The molecule has 1 aliphatic rings. The number of hydrogen-bond acceptors (Lipinski definition) is 5. The molecule has 20 heavy (non-hydrogen) atoms. The van der Waals surface area contributed by atoms with Gasteiger partial charge in [0.25, 0.3) is 0 Å². The second-order valence-corrected chi connectivity index (χ2v) is 6.80. The lowest BCUT2D eigenvalue weighted by molar-refractivity contribution is -0.142. The molecule has 0 aromatic carbocycles. The highest BCUT2D eigenvalue weighted by molar-refractivity contribution is 7.89. The largest absolute Gasteiger partial charge is 0.480 e. The number of aliphatic carboxylic acids is 1. The van der Waals surface area contributed by atoms with Crippen molar-refractivity contribution >= 4 is 33.4 Å². The molecule has 1 unspecified atom stereocenters. The molecule has 110 valence electrons. The summed E-state index contributed by atoms with van der Waals surface area (Å²) in [7, 11) is -4.03. The van der Waals surface area contributed by atoms with Crippen molar-refractivity contribution in [3.63, 3.8) is 0 Å². The molecular weight excluding hydrogens is 306 g/mol. The molecule has 0 amide bonds. The van der Waals surface area contributed by atoms with Crippen molar-refractivity contribution in [2.45, 2.75) is 30.2 Å². The maximum Gasteiger partial charge on any atom is 0.322 e. The molecule has 7 nitrogen and oxygen atoms in total. The van der Waals surface area contributed by atoms with Crippen molar-refractivity contribution < 1.29 is 18.3 Å². The highest BCUT2D eigenvalue weighted by atomic mass is 35.5. The summed E-state index contributed by atoms with van der Waals surface area (Å²) in [5.41, 5.74) is 5.58. The zero-order valence-electron chi connectivity index (χ0n) is 10.5. The van der Waals surface area contributed by atoms with Gasteiger partial charge in [-0.3, -0.25) is 4.79 Å². The second-order valence-electron chi connectivity index (χ2n) is 4.50. The van der Waals surface area contributed by atoms with E-state index in [4.69, 9.17) is 22.4 Å². The minimum Gasteiger partial charge on any atom is -0.480 e. The Balaban J connectivity index is 2.47. The quantitative estimate of drug-likeness (QED) is 0.857. The van der Waals surface area contributed by atoms with Crippen molar-refractivity contribution in [1.29, 1.82) is 0 Å². The van der Waals surface area contributed by atoms with Crippen LogP contribution < -0.4 is 5.73 Å². The lowest BCUT2D eigenvalue weighted by Gasteiger charge is -2.32. The van der Waals surface area contributed by atoms with Crippen LogP contribution in [0, 0.1) is 0 Å². The molecule has 9 heteroatoms. The van der Waals surface area contributed by atoms with Crippen LogP contribution in [-0.2, 0) is 14.8 Å². The van der Waals surface area contributed by atoms with Crippen LogP contribution in [0.25, 0.3) is 0 Å². The van der Waals surface area contributed by atoms with Crippen LogP contribution >= 0.6 is 11.6 Å². The van der Waals surface area contributed by atoms with Gasteiger partial charge in [-0.25, -0.2) is 13.4 Å². The first-order valence-electron chi connectivity index (χ1n) is 5.99. The number of pyridine rings is 1. The summed E-state index contributed by atoms with van der Waals surface area (Å²) < 4.78 is 26.1. The fourth-order valence-corrected chi connectivity index (χ4v) is 4.17. The molecule has 1 fully saturated rings. The number of hydrogen-bond donors (Lipinski definition) is 2. The van der Waals surface area contributed by atoms with Crippen LogP contribution in [0.15, 0.2) is 17.2 Å². The van der Waals surface area contributed by atoms with Gasteiger partial charge >= 0.3 is 5.97 Å². The van der Waals surface area contributed by atoms with Gasteiger partial charge in [0.05, 0.1) is 5.02 Å². The highest BCUT2D eigenvalue weighted by Gasteiger charge is 2.38. The van der Waals surface area contributed by atoms with Crippen molar-refractivity contribution in [2.24, 2.45) is 0 Å². The number of piperidine rings is 1. The van der Waals surface area contributed by atoms with E-state index >= 15 is 0 Å². The molecule has 0 radical (unpaired) electrons. The summed E-state index contributed by atoms with van der Waals surface area (Å²) in [6.07, 6.45) is 2.80. The second kappa shape index (κ2) is 5.55. The number of carboxylic acids is 1. The molecule has 0 bridgehead atoms. The molecule has 1 aliphatic heterocycles. The zero-order valence-corrected chi connectivity index (χ0v) is 12.1. The van der Waals surface area contributed by atoms with Crippen LogP contribution in [0.4, 0.5) is 5.82 Å². The first-order chi connectivity index (χ1) is 9.34. The van der Waals surface area contributed by atoms with Gasteiger partial charge in [-0.1, -0.05) is 11.6 Å². The summed E-state index contributed by atoms with van der Waals surface area (Å²) >= 11 is 5.74. The Morgan fingerprint density at radius 3 is 2.85 bits per heavy atom. The van der Waals surface area contributed by atoms with Gasteiger partial charge in [-0.05, 0) is 25.3 Å². The lowest BCUT2D eigenvalue weighted by atomic mass is 10.1. The Morgan fingerprint density at radius 2 is 2.20 bits per heavy atom. The van der Waals surface area contributed by atoms with Crippen molar-refractivity contribution in [3.8, 4) is 0 Å². The summed E-state index contributed by atoms with van der Waals surface area (Å²) in [6, 6.07) is 0.111. The molecule has 0 spiro atoms. The van der Waals surface area contributed by atoms with Gasteiger partial charge in [-0.2, -0.15) is 4.31 Å². The Labute approximate surface area is 121 Å². The average Bonchev–Trinajstić information content (AvgIpc) is 2.41. The third-order valence-electron chi connectivity index (χ3n) is 3.17. The smallest absolute Gasteiger partial charge is 0.322 e. The number of aromatic nitrogens is 1. The number of carboxylic acid groups (broad SMARTS) is 1. The van der Waals surface area contributed by atoms with E-state index in [1.807, 2.05) is 0 Å². The molecule has 1 aromatic heterocycles. The molecule has 0 saturated carbocycles. The molecule has 3 N–H and O–H groups in total. The third-order valence-corrected chi connectivity index (χ3v) is 5.32. The fourth-order valence-electron chi connectivity index (χ4n) is 2.20. The number of nitrogens with two attached hydrogens (primary N) is 1. The van der Waals surface area contributed by atoms with Gasteiger partial charge in [0.1, 0.15) is 16.8 Å². The van der Waals surface area contributed by atoms with E-state index < -0.39 is 22.0 Å². The van der Waals surface area contributed by atoms with E-state index in [9.17, 15) is 13.2 Å². The van der Waals surface area contributed by atoms with Gasteiger partial charge in [0.2, 0.25) is 10.0 Å². The molecule has 2 heterocycles. The Bertz CT molecular complexity index is 635. The zero-order chi connectivity index (χ0) is 14.9. The van der Waals surface area contributed by atoms with Gasteiger partial charge in [0, 0.05) is 12.7 Å². The monoisotopic (exact) mass is 319 g/mol. The van der Waals surface area contributed by atoms with E-state index in [1.54, 1.807) is 0 Å². The summed E-state index contributed by atoms with van der Waals surface area (Å²) in [5, 5.41) is 9.29. The van der Waals surface area contributed by atoms with Crippen molar-refractivity contribution in [1.82, 2.24) is 9.29 Å². The van der Waals surface area contributed by atoms with E-state index in [-0.39, 0.29) is 28.7 Å². The molecule has 1 saturated heterocycles. The van der Waals surface area contributed by atoms with Gasteiger partial charge in [-0.15, -0.1) is 0 Å². The number of rotatable bonds is 3. The normalized spacial score (nSPS) is 20.8. The maximum absolute atomic E-state index is 12.6. The number of carbonyl (C=O) groups is 1. The number of anilines is 1. The van der Waals surface area contributed by atoms with Crippen molar-refractivity contribution in [3.05, 3.63) is 17.3 Å². The third kappa shape index (κ3) is 2.72.